The lowest BCUT2D eigenvalue weighted by Gasteiger charge is -2.29. The van der Waals surface area contributed by atoms with Gasteiger partial charge in [0.05, 0.1) is 17.4 Å². The molecule has 1 aromatic rings. The van der Waals surface area contributed by atoms with E-state index in [4.69, 9.17) is 9.47 Å². The number of hydrogen-bond acceptors (Lipinski definition) is 6. The van der Waals surface area contributed by atoms with Gasteiger partial charge in [-0.15, -0.1) is 6.58 Å². The summed E-state index contributed by atoms with van der Waals surface area (Å²) >= 11 is 0. The average molecular weight is 406 g/mol. The fourth-order valence-corrected chi connectivity index (χ4v) is 5.72. The minimum atomic E-state index is -3.12. The quantitative estimate of drug-likeness (QED) is 0.677. The summed E-state index contributed by atoms with van der Waals surface area (Å²) in [5.41, 5.74) is 0.656. The topological polar surface area (TPSA) is 93.2 Å². The van der Waals surface area contributed by atoms with Crippen molar-refractivity contribution in [3.05, 3.63) is 30.9 Å². The van der Waals surface area contributed by atoms with E-state index in [1.165, 1.54) is 0 Å². The number of carbonyl (C=O) groups excluding carboxylic acids is 2. The molecule has 8 nitrogen and oxygen atoms in total. The van der Waals surface area contributed by atoms with Crippen LogP contribution in [-0.4, -0.2) is 62.6 Å². The fraction of sp³-hybridized carbons (Fsp3) is 0.474. The van der Waals surface area contributed by atoms with Crippen molar-refractivity contribution in [1.82, 2.24) is 4.90 Å². The van der Waals surface area contributed by atoms with Gasteiger partial charge in [0.1, 0.15) is 0 Å². The molecule has 2 amide bonds. The van der Waals surface area contributed by atoms with Crippen LogP contribution in [0.5, 0.6) is 11.5 Å². The number of benzene rings is 1. The van der Waals surface area contributed by atoms with Crippen LogP contribution in [0.2, 0.25) is 0 Å². The maximum absolute atomic E-state index is 13.1. The van der Waals surface area contributed by atoms with Crippen molar-refractivity contribution in [2.45, 2.75) is 18.9 Å². The summed E-state index contributed by atoms with van der Waals surface area (Å²) in [6.07, 6.45) is 2.12. The lowest BCUT2D eigenvalue weighted by Crippen LogP contribution is -2.45. The number of carbonyl (C=O) groups is 2. The van der Waals surface area contributed by atoms with Gasteiger partial charge in [-0.25, -0.2) is 8.42 Å². The molecule has 1 aromatic carbocycles. The Labute approximate surface area is 163 Å². The molecule has 9 heteroatoms. The normalized spacial score (nSPS) is 25.1. The Morgan fingerprint density at radius 3 is 2.82 bits per heavy atom. The van der Waals surface area contributed by atoms with Crippen LogP contribution in [-0.2, 0) is 19.4 Å². The molecule has 2 fully saturated rings. The van der Waals surface area contributed by atoms with Crippen molar-refractivity contribution >= 4 is 27.3 Å². The molecule has 2 unspecified atom stereocenters. The van der Waals surface area contributed by atoms with Crippen LogP contribution in [0.3, 0.4) is 0 Å². The van der Waals surface area contributed by atoms with Crippen molar-refractivity contribution in [2.24, 2.45) is 5.92 Å². The molecule has 3 aliphatic heterocycles. The highest BCUT2D eigenvalue weighted by Crippen LogP contribution is 2.37. The Morgan fingerprint density at radius 1 is 1.32 bits per heavy atom. The molecule has 0 spiro atoms. The third-order valence-electron chi connectivity index (χ3n) is 5.40. The Morgan fingerprint density at radius 2 is 2.11 bits per heavy atom. The predicted molar refractivity (Wildman–Crippen MR) is 102 cm³/mol. The number of hydrogen-bond donors (Lipinski definition) is 0. The van der Waals surface area contributed by atoms with Crippen molar-refractivity contribution in [3.8, 4) is 11.5 Å². The van der Waals surface area contributed by atoms with E-state index in [-0.39, 0.29) is 55.7 Å². The highest BCUT2D eigenvalue weighted by Gasteiger charge is 2.41. The Balaban J connectivity index is 1.50. The minimum Gasteiger partial charge on any atom is -0.454 e. The molecule has 3 aliphatic rings. The number of nitrogens with zero attached hydrogens (tertiary/aromatic N) is 2. The third-order valence-corrected chi connectivity index (χ3v) is 7.15. The lowest BCUT2D eigenvalue weighted by molar-refractivity contribution is -0.137. The molecule has 0 N–H and O–H groups in total. The van der Waals surface area contributed by atoms with E-state index in [1.807, 2.05) is 0 Å². The SMILES string of the molecule is C=CCN(C(=O)C1CC(=O)N(c2ccc3c(c2)OCO3)C1)C1CCS(=O)(=O)C1. The number of fused-ring (bicyclic) bond motifs is 1. The summed E-state index contributed by atoms with van der Waals surface area (Å²) in [6, 6.07) is 4.89. The molecule has 0 bridgehead atoms. The van der Waals surface area contributed by atoms with Gasteiger partial charge in [-0.1, -0.05) is 6.08 Å². The lowest BCUT2D eigenvalue weighted by atomic mass is 10.1. The van der Waals surface area contributed by atoms with Gasteiger partial charge in [-0.2, -0.15) is 0 Å². The number of ether oxygens (including phenoxy) is 2. The molecule has 0 saturated carbocycles. The third kappa shape index (κ3) is 3.46. The zero-order valence-electron chi connectivity index (χ0n) is 15.4. The van der Waals surface area contributed by atoms with Crippen LogP contribution < -0.4 is 14.4 Å². The van der Waals surface area contributed by atoms with Crippen LogP contribution in [0.15, 0.2) is 30.9 Å². The van der Waals surface area contributed by atoms with Gasteiger partial charge >= 0.3 is 0 Å². The molecule has 0 radical (unpaired) electrons. The predicted octanol–water partition coefficient (Wildman–Crippen LogP) is 0.970. The molecular formula is C19H22N2O6S. The summed E-state index contributed by atoms with van der Waals surface area (Å²) in [6.45, 7) is 4.35. The van der Waals surface area contributed by atoms with E-state index in [2.05, 4.69) is 6.58 Å². The van der Waals surface area contributed by atoms with E-state index < -0.39 is 15.8 Å². The molecule has 2 saturated heterocycles. The van der Waals surface area contributed by atoms with Crippen LogP contribution in [0.25, 0.3) is 0 Å². The number of anilines is 1. The average Bonchev–Trinajstić information content (AvgIpc) is 3.36. The smallest absolute Gasteiger partial charge is 0.231 e. The number of sulfone groups is 1. The maximum atomic E-state index is 13.1. The zero-order chi connectivity index (χ0) is 19.9. The molecular weight excluding hydrogens is 384 g/mol. The van der Waals surface area contributed by atoms with Crippen molar-refractivity contribution in [2.75, 3.05) is 36.3 Å². The van der Waals surface area contributed by atoms with Gasteiger partial charge in [0.15, 0.2) is 21.3 Å². The van der Waals surface area contributed by atoms with Gasteiger partial charge in [-0.05, 0) is 18.6 Å². The first-order chi connectivity index (χ1) is 13.4. The van der Waals surface area contributed by atoms with Gasteiger partial charge in [0, 0.05) is 37.3 Å². The van der Waals surface area contributed by atoms with Crippen LogP contribution in [0.1, 0.15) is 12.8 Å². The van der Waals surface area contributed by atoms with Crippen LogP contribution >= 0.6 is 0 Å². The molecule has 28 heavy (non-hydrogen) atoms. The van der Waals surface area contributed by atoms with Crippen molar-refractivity contribution in [3.63, 3.8) is 0 Å². The zero-order valence-corrected chi connectivity index (χ0v) is 16.2. The standard InChI is InChI=1S/C19H22N2O6S/c1-2-6-20(15-5-7-28(24,25)11-15)19(23)13-8-18(22)21(10-13)14-3-4-16-17(9-14)27-12-26-16/h2-4,9,13,15H,1,5-8,10-12H2. The first-order valence-corrected chi connectivity index (χ1v) is 11.0. The summed E-state index contributed by atoms with van der Waals surface area (Å²) in [5, 5.41) is 0. The summed E-state index contributed by atoms with van der Waals surface area (Å²) in [4.78, 5) is 28.8. The molecule has 2 atom stereocenters. The summed E-state index contributed by atoms with van der Waals surface area (Å²) < 4.78 is 34.3. The van der Waals surface area contributed by atoms with Gasteiger partial charge in [0.2, 0.25) is 18.6 Å². The number of amides is 2. The van der Waals surface area contributed by atoms with Gasteiger partial charge in [0.25, 0.3) is 0 Å². The molecule has 150 valence electrons. The first-order valence-electron chi connectivity index (χ1n) is 9.20. The Bertz CT molecular complexity index is 928. The largest absolute Gasteiger partial charge is 0.454 e. The second-order valence-electron chi connectivity index (χ2n) is 7.28. The summed E-state index contributed by atoms with van der Waals surface area (Å²) in [7, 11) is -3.12. The second kappa shape index (κ2) is 7.12. The highest BCUT2D eigenvalue weighted by molar-refractivity contribution is 7.91. The van der Waals surface area contributed by atoms with Gasteiger partial charge in [-0.3, -0.25) is 9.59 Å². The molecule has 4 rings (SSSR count). The van der Waals surface area contributed by atoms with E-state index in [1.54, 1.807) is 34.1 Å². The maximum Gasteiger partial charge on any atom is 0.231 e. The van der Waals surface area contributed by atoms with Crippen LogP contribution in [0.4, 0.5) is 5.69 Å². The van der Waals surface area contributed by atoms with Crippen molar-refractivity contribution < 1.29 is 27.5 Å². The first kappa shape index (κ1) is 18.8. The van der Waals surface area contributed by atoms with Crippen LogP contribution in [0, 0.1) is 5.92 Å². The van der Waals surface area contributed by atoms with E-state index in [0.717, 1.165) is 0 Å². The monoisotopic (exact) mass is 406 g/mol. The molecule has 3 heterocycles. The van der Waals surface area contributed by atoms with E-state index in [9.17, 15) is 18.0 Å². The molecule has 0 aromatic heterocycles. The second-order valence-corrected chi connectivity index (χ2v) is 9.51. The fourth-order valence-electron chi connectivity index (χ4n) is 3.99. The van der Waals surface area contributed by atoms with Crippen molar-refractivity contribution in [1.29, 1.82) is 0 Å². The summed E-state index contributed by atoms with van der Waals surface area (Å²) in [5.74, 6) is 0.409. The number of rotatable bonds is 5. The minimum absolute atomic E-state index is 0.0286. The van der Waals surface area contributed by atoms with E-state index >= 15 is 0 Å². The van der Waals surface area contributed by atoms with Gasteiger partial charge < -0.3 is 19.3 Å². The Hall–Kier alpha value is -2.55. The highest BCUT2D eigenvalue weighted by atomic mass is 32.2. The Kier molecular flexibility index (Phi) is 4.78. The van der Waals surface area contributed by atoms with E-state index in [0.29, 0.717) is 23.6 Å². The molecule has 0 aliphatic carbocycles.